The summed E-state index contributed by atoms with van der Waals surface area (Å²) in [7, 11) is 0. The van der Waals surface area contributed by atoms with E-state index in [4.69, 9.17) is 0 Å². The Morgan fingerprint density at radius 2 is 2.07 bits per heavy atom. The maximum atomic E-state index is 13.7. The highest BCUT2D eigenvalue weighted by atomic mass is 32.1. The lowest BCUT2D eigenvalue weighted by atomic mass is 10.1. The standard InChI is InChI=1S/C20H26F2N4S/c1-2-23-20(24-10-7-15-14-16(21)5-6-18(15)22)25-17-8-11-26(12-9-17)19-4-3-13-27-19/h3-6,13-14,17H,2,7-12H2,1H3,(H2,23,24,25). The first-order chi connectivity index (χ1) is 13.2. The van der Waals surface area contributed by atoms with Gasteiger partial charge in [-0.25, -0.2) is 8.78 Å². The maximum absolute atomic E-state index is 13.7. The molecule has 1 aromatic heterocycles. The van der Waals surface area contributed by atoms with E-state index < -0.39 is 5.82 Å². The van der Waals surface area contributed by atoms with Crippen LogP contribution in [0.3, 0.4) is 0 Å². The summed E-state index contributed by atoms with van der Waals surface area (Å²) < 4.78 is 27.0. The van der Waals surface area contributed by atoms with Gasteiger partial charge in [-0.3, -0.25) is 4.99 Å². The molecule has 0 unspecified atom stereocenters. The molecule has 0 amide bonds. The van der Waals surface area contributed by atoms with Gasteiger partial charge in [-0.15, -0.1) is 11.3 Å². The molecular formula is C20H26F2N4S. The number of nitrogens with zero attached hydrogens (tertiary/aromatic N) is 2. The number of nitrogens with one attached hydrogen (secondary N) is 2. The van der Waals surface area contributed by atoms with Crippen LogP contribution in [-0.4, -0.2) is 38.2 Å². The lowest BCUT2D eigenvalue weighted by Crippen LogP contribution is -2.48. The van der Waals surface area contributed by atoms with E-state index in [0.29, 0.717) is 24.6 Å². The molecule has 1 aliphatic rings. The Labute approximate surface area is 163 Å². The molecule has 3 rings (SSSR count). The predicted octanol–water partition coefficient (Wildman–Crippen LogP) is 3.79. The number of rotatable bonds is 6. The fourth-order valence-electron chi connectivity index (χ4n) is 3.23. The molecule has 2 heterocycles. The summed E-state index contributed by atoms with van der Waals surface area (Å²) in [6.45, 7) is 5.22. The normalized spacial score (nSPS) is 15.8. The molecule has 0 spiro atoms. The Bertz CT molecular complexity index is 740. The van der Waals surface area contributed by atoms with Crippen LogP contribution in [0.1, 0.15) is 25.3 Å². The first-order valence-corrected chi connectivity index (χ1v) is 10.3. The van der Waals surface area contributed by atoms with Gasteiger partial charge in [0.05, 0.1) is 5.00 Å². The monoisotopic (exact) mass is 392 g/mol. The molecule has 1 saturated heterocycles. The van der Waals surface area contributed by atoms with Crippen LogP contribution in [0.5, 0.6) is 0 Å². The van der Waals surface area contributed by atoms with E-state index in [-0.39, 0.29) is 5.82 Å². The number of hydrogen-bond donors (Lipinski definition) is 2. The molecule has 146 valence electrons. The van der Waals surface area contributed by atoms with Crippen LogP contribution in [0.4, 0.5) is 13.8 Å². The second-order valence-electron chi connectivity index (χ2n) is 6.60. The molecule has 2 N–H and O–H groups in total. The van der Waals surface area contributed by atoms with Crippen molar-refractivity contribution < 1.29 is 8.78 Å². The lowest BCUT2D eigenvalue weighted by molar-refractivity contribution is 0.463. The van der Waals surface area contributed by atoms with E-state index in [1.165, 1.54) is 17.1 Å². The van der Waals surface area contributed by atoms with E-state index in [2.05, 4.69) is 38.0 Å². The van der Waals surface area contributed by atoms with Crippen LogP contribution in [0.2, 0.25) is 0 Å². The summed E-state index contributed by atoms with van der Waals surface area (Å²) in [5, 5.41) is 10.2. The number of benzene rings is 1. The fourth-order valence-corrected chi connectivity index (χ4v) is 4.02. The Hall–Kier alpha value is -2.15. The minimum Gasteiger partial charge on any atom is -0.363 e. The van der Waals surface area contributed by atoms with Crippen LogP contribution in [0.25, 0.3) is 0 Å². The summed E-state index contributed by atoms with van der Waals surface area (Å²) in [6.07, 6.45) is 2.46. The molecule has 0 radical (unpaired) electrons. The summed E-state index contributed by atoms with van der Waals surface area (Å²) in [6, 6.07) is 8.16. The zero-order valence-electron chi connectivity index (χ0n) is 15.5. The molecule has 0 bridgehead atoms. The van der Waals surface area contributed by atoms with Crippen LogP contribution in [0, 0.1) is 11.6 Å². The van der Waals surface area contributed by atoms with E-state index in [9.17, 15) is 8.78 Å². The minimum atomic E-state index is -0.419. The number of halogens is 2. The smallest absolute Gasteiger partial charge is 0.191 e. The molecule has 1 aliphatic heterocycles. The van der Waals surface area contributed by atoms with E-state index in [1.807, 2.05) is 6.92 Å². The van der Waals surface area contributed by atoms with Crippen molar-refractivity contribution in [2.24, 2.45) is 4.99 Å². The Morgan fingerprint density at radius 1 is 1.26 bits per heavy atom. The molecule has 0 aliphatic carbocycles. The molecule has 0 atom stereocenters. The molecule has 2 aromatic rings. The first kappa shape index (κ1) is 19.6. The number of guanidine groups is 1. The third-order valence-electron chi connectivity index (χ3n) is 4.66. The average Bonchev–Trinajstić information content (AvgIpc) is 3.20. The minimum absolute atomic E-state index is 0.360. The lowest BCUT2D eigenvalue weighted by Gasteiger charge is -2.33. The Kier molecular flexibility index (Phi) is 7.04. The van der Waals surface area contributed by atoms with Gasteiger partial charge in [-0.1, -0.05) is 0 Å². The van der Waals surface area contributed by atoms with Gasteiger partial charge in [0, 0.05) is 32.2 Å². The van der Waals surface area contributed by atoms with Crippen molar-refractivity contribution in [2.45, 2.75) is 32.2 Å². The third kappa shape index (κ3) is 5.66. The van der Waals surface area contributed by atoms with Crippen LogP contribution < -0.4 is 15.5 Å². The molecule has 7 heteroatoms. The van der Waals surface area contributed by atoms with Crippen molar-refractivity contribution in [3.05, 3.63) is 52.9 Å². The Morgan fingerprint density at radius 3 is 2.78 bits per heavy atom. The second-order valence-corrected chi connectivity index (χ2v) is 7.53. The molecular weight excluding hydrogens is 366 g/mol. The van der Waals surface area contributed by atoms with Crippen LogP contribution in [0.15, 0.2) is 40.7 Å². The van der Waals surface area contributed by atoms with Crippen molar-refractivity contribution in [3.8, 4) is 0 Å². The van der Waals surface area contributed by atoms with Gasteiger partial charge >= 0.3 is 0 Å². The highest BCUT2D eigenvalue weighted by molar-refractivity contribution is 7.14. The zero-order chi connectivity index (χ0) is 19.1. The topological polar surface area (TPSA) is 39.7 Å². The summed E-state index contributed by atoms with van der Waals surface area (Å²) in [5.41, 5.74) is 0.360. The largest absolute Gasteiger partial charge is 0.363 e. The second kappa shape index (κ2) is 9.69. The maximum Gasteiger partial charge on any atom is 0.191 e. The van der Waals surface area contributed by atoms with E-state index in [1.54, 1.807) is 11.3 Å². The number of hydrogen-bond acceptors (Lipinski definition) is 3. The number of aliphatic imine (C=N–C) groups is 1. The summed E-state index contributed by atoms with van der Waals surface area (Å²) in [5.74, 6) is -0.0627. The molecule has 27 heavy (non-hydrogen) atoms. The van der Waals surface area contributed by atoms with Gasteiger partial charge in [0.15, 0.2) is 5.96 Å². The molecule has 1 fully saturated rings. The Balaban J connectivity index is 1.51. The number of thiophene rings is 1. The van der Waals surface area contributed by atoms with Gasteiger partial charge in [0.1, 0.15) is 11.6 Å². The van der Waals surface area contributed by atoms with Gasteiger partial charge in [0.25, 0.3) is 0 Å². The highest BCUT2D eigenvalue weighted by Crippen LogP contribution is 2.24. The van der Waals surface area contributed by atoms with Crippen molar-refractivity contribution in [1.29, 1.82) is 0 Å². The third-order valence-corrected chi connectivity index (χ3v) is 5.59. The van der Waals surface area contributed by atoms with Gasteiger partial charge in [0.2, 0.25) is 0 Å². The fraction of sp³-hybridized carbons (Fsp3) is 0.450. The van der Waals surface area contributed by atoms with Gasteiger partial charge in [-0.2, -0.15) is 0 Å². The summed E-state index contributed by atoms with van der Waals surface area (Å²) >= 11 is 1.78. The highest BCUT2D eigenvalue weighted by Gasteiger charge is 2.20. The SMILES string of the molecule is CCNC(=NCCc1cc(F)ccc1F)NC1CCN(c2cccs2)CC1. The van der Waals surface area contributed by atoms with Crippen molar-refractivity contribution in [3.63, 3.8) is 0 Å². The van der Waals surface area contributed by atoms with Crippen LogP contribution in [-0.2, 0) is 6.42 Å². The molecule has 1 aromatic carbocycles. The van der Waals surface area contributed by atoms with Crippen molar-refractivity contribution >= 4 is 22.3 Å². The zero-order valence-corrected chi connectivity index (χ0v) is 16.4. The number of anilines is 1. The summed E-state index contributed by atoms with van der Waals surface area (Å²) in [4.78, 5) is 6.95. The quantitative estimate of drug-likeness (QED) is 0.580. The predicted molar refractivity (Wildman–Crippen MR) is 109 cm³/mol. The number of piperidine rings is 1. The van der Waals surface area contributed by atoms with Crippen molar-refractivity contribution in [2.75, 3.05) is 31.1 Å². The van der Waals surface area contributed by atoms with Gasteiger partial charge < -0.3 is 15.5 Å². The first-order valence-electron chi connectivity index (χ1n) is 9.43. The van der Waals surface area contributed by atoms with Gasteiger partial charge in [-0.05, 0) is 67.5 Å². The van der Waals surface area contributed by atoms with Crippen molar-refractivity contribution in [1.82, 2.24) is 10.6 Å². The van der Waals surface area contributed by atoms with E-state index >= 15 is 0 Å². The van der Waals surface area contributed by atoms with E-state index in [0.717, 1.165) is 44.5 Å². The van der Waals surface area contributed by atoms with Crippen LogP contribution >= 0.6 is 11.3 Å². The molecule has 4 nitrogen and oxygen atoms in total. The molecule has 0 saturated carbocycles. The average molecular weight is 393 g/mol.